The summed E-state index contributed by atoms with van der Waals surface area (Å²) in [6.45, 7) is 8.94. The zero-order chi connectivity index (χ0) is 13.1. The fraction of sp³-hybridized carbons (Fsp3) is 0.333. The van der Waals surface area contributed by atoms with Gasteiger partial charge >= 0.3 is 0 Å². The van der Waals surface area contributed by atoms with Gasteiger partial charge in [0, 0.05) is 0 Å². The van der Waals surface area contributed by atoms with E-state index in [2.05, 4.69) is 70.2 Å². The normalized spacial score (nSPS) is 12.4. The Morgan fingerprint density at radius 2 is 1.44 bits per heavy atom. The molecule has 0 saturated heterocycles. The number of aryl methyl sites for hydroxylation is 3. The zero-order valence-electron chi connectivity index (χ0n) is 11.8. The molecule has 0 saturated carbocycles. The number of rotatable bonds is 3. The maximum absolute atomic E-state index is 2.31. The maximum atomic E-state index is 2.31. The summed E-state index contributed by atoms with van der Waals surface area (Å²) in [5.41, 5.74) is 7.15. The van der Waals surface area contributed by atoms with Crippen molar-refractivity contribution in [2.45, 2.75) is 40.0 Å². The Morgan fingerprint density at radius 1 is 0.889 bits per heavy atom. The van der Waals surface area contributed by atoms with Gasteiger partial charge in [-0.2, -0.15) is 0 Å². The lowest BCUT2D eigenvalue weighted by molar-refractivity contribution is 0.751. The summed E-state index contributed by atoms with van der Waals surface area (Å²) in [6, 6.07) is 15.4. The molecule has 0 spiro atoms. The molecule has 0 aromatic heterocycles. The average Bonchev–Trinajstić information content (AvgIpc) is 2.34. The molecule has 1 atom stereocenters. The highest BCUT2D eigenvalue weighted by Gasteiger charge is 2.10. The Balaban J connectivity index is 2.25. The lowest BCUT2D eigenvalue weighted by Gasteiger charge is -2.16. The molecule has 0 N–H and O–H groups in total. The summed E-state index contributed by atoms with van der Waals surface area (Å²) < 4.78 is 0. The van der Waals surface area contributed by atoms with Crippen molar-refractivity contribution in [3.8, 4) is 0 Å². The number of hydrogen-bond donors (Lipinski definition) is 0. The SMILES string of the molecule is Cc1cc(C)c(CC(C)c2ccccc2)c(C)c1. The molecule has 0 aliphatic rings. The summed E-state index contributed by atoms with van der Waals surface area (Å²) in [6.07, 6.45) is 1.13. The third-order valence-corrected chi connectivity index (χ3v) is 3.72. The molecule has 18 heavy (non-hydrogen) atoms. The molecule has 0 radical (unpaired) electrons. The van der Waals surface area contributed by atoms with Crippen LogP contribution in [0.15, 0.2) is 42.5 Å². The van der Waals surface area contributed by atoms with Crippen LogP contribution in [0.1, 0.15) is 40.7 Å². The van der Waals surface area contributed by atoms with Gasteiger partial charge in [-0.25, -0.2) is 0 Å². The van der Waals surface area contributed by atoms with Gasteiger partial charge in [-0.1, -0.05) is 55.0 Å². The second-order valence-electron chi connectivity index (χ2n) is 5.39. The first-order valence-corrected chi connectivity index (χ1v) is 6.69. The Labute approximate surface area is 111 Å². The van der Waals surface area contributed by atoms with Gasteiger partial charge in [0.25, 0.3) is 0 Å². The van der Waals surface area contributed by atoms with Crippen molar-refractivity contribution in [1.82, 2.24) is 0 Å². The summed E-state index contributed by atoms with van der Waals surface area (Å²) >= 11 is 0. The van der Waals surface area contributed by atoms with Gasteiger partial charge in [0.2, 0.25) is 0 Å². The van der Waals surface area contributed by atoms with Crippen LogP contribution in [0, 0.1) is 20.8 Å². The van der Waals surface area contributed by atoms with E-state index >= 15 is 0 Å². The first-order chi connectivity index (χ1) is 8.58. The molecule has 1 unspecified atom stereocenters. The van der Waals surface area contributed by atoms with E-state index in [0.29, 0.717) is 5.92 Å². The fourth-order valence-electron chi connectivity index (χ4n) is 2.74. The molecule has 0 heteroatoms. The highest BCUT2D eigenvalue weighted by molar-refractivity contribution is 5.38. The molecule has 94 valence electrons. The van der Waals surface area contributed by atoms with E-state index in [1.807, 2.05) is 0 Å². The zero-order valence-corrected chi connectivity index (χ0v) is 11.8. The van der Waals surface area contributed by atoms with E-state index in [1.165, 1.54) is 27.8 Å². The molecule has 0 amide bonds. The molecule has 0 aliphatic heterocycles. The van der Waals surface area contributed by atoms with Crippen molar-refractivity contribution in [3.63, 3.8) is 0 Å². The minimum absolute atomic E-state index is 0.575. The van der Waals surface area contributed by atoms with Gasteiger partial charge in [0.15, 0.2) is 0 Å². The van der Waals surface area contributed by atoms with Crippen molar-refractivity contribution >= 4 is 0 Å². The van der Waals surface area contributed by atoms with E-state index < -0.39 is 0 Å². The third kappa shape index (κ3) is 2.81. The predicted octanol–water partition coefficient (Wildman–Crippen LogP) is 4.96. The Bertz CT molecular complexity index is 500. The van der Waals surface area contributed by atoms with Crippen molar-refractivity contribution in [2.75, 3.05) is 0 Å². The van der Waals surface area contributed by atoms with Crippen molar-refractivity contribution in [3.05, 3.63) is 70.3 Å². The van der Waals surface area contributed by atoms with Crippen molar-refractivity contribution < 1.29 is 0 Å². The highest BCUT2D eigenvalue weighted by atomic mass is 14.1. The Kier molecular flexibility index (Phi) is 3.86. The monoisotopic (exact) mass is 238 g/mol. The summed E-state index contributed by atoms with van der Waals surface area (Å²) in [7, 11) is 0. The first kappa shape index (κ1) is 12.9. The van der Waals surface area contributed by atoms with Gasteiger partial charge in [-0.15, -0.1) is 0 Å². The van der Waals surface area contributed by atoms with Crippen LogP contribution in [0.5, 0.6) is 0 Å². The molecule has 0 nitrogen and oxygen atoms in total. The van der Waals surface area contributed by atoms with Crippen molar-refractivity contribution in [1.29, 1.82) is 0 Å². The predicted molar refractivity (Wildman–Crippen MR) is 79.2 cm³/mol. The van der Waals surface area contributed by atoms with Crippen molar-refractivity contribution in [2.24, 2.45) is 0 Å². The first-order valence-electron chi connectivity index (χ1n) is 6.69. The van der Waals surface area contributed by atoms with Crippen LogP contribution in [0.25, 0.3) is 0 Å². The van der Waals surface area contributed by atoms with E-state index in [4.69, 9.17) is 0 Å². The van der Waals surface area contributed by atoms with Crippen LogP contribution in [0.4, 0.5) is 0 Å². The molecule has 0 fully saturated rings. The highest BCUT2D eigenvalue weighted by Crippen LogP contribution is 2.25. The molecular weight excluding hydrogens is 216 g/mol. The smallest absolute Gasteiger partial charge is 0.0150 e. The number of benzene rings is 2. The minimum atomic E-state index is 0.575. The van der Waals surface area contributed by atoms with Gasteiger partial charge < -0.3 is 0 Å². The molecule has 2 aromatic carbocycles. The molecule has 0 bridgehead atoms. The van der Waals surface area contributed by atoms with Gasteiger partial charge in [-0.05, 0) is 55.4 Å². The maximum Gasteiger partial charge on any atom is -0.0150 e. The second kappa shape index (κ2) is 5.39. The summed E-state index contributed by atoms with van der Waals surface area (Å²) in [5.74, 6) is 0.575. The molecule has 2 rings (SSSR count). The van der Waals surface area contributed by atoms with E-state index in [-0.39, 0.29) is 0 Å². The topological polar surface area (TPSA) is 0 Å². The van der Waals surface area contributed by atoms with Gasteiger partial charge in [0.05, 0.1) is 0 Å². The number of hydrogen-bond acceptors (Lipinski definition) is 0. The minimum Gasteiger partial charge on any atom is -0.0622 e. The standard InChI is InChI=1S/C18H22/c1-13-10-15(3)18(16(4)11-13)12-14(2)17-8-6-5-7-9-17/h5-11,14H,12H2,1-4H3. The molecular formula is C18H22. The van der Waals surface area contributed by atoms with Crippen LogP contribution in [-0.2, 0) is 6.42 Å². The van der Waals surface area contributed by atoms with Gasteiger partial charge in [-0.3, -0.25) is 0 Å². The quantitative estimate of drug-likeness (QED) is 0.709. The third-order valence-electron chi connectivity index (χ3n) is 3.72. The Morgan fingerprint density at radius 3 is 2.00 bits per heavy atom. The van der Waals surface area contributed by atoms with Crippen LogP contribution in [0.2, 0.25) is 0 Å². The second-order valence-corrected chi connectivity index (χ2v) is 5.39. The van der Waals surface area contributed by atoms with Crippen LogP contribution in [0.3, 0.4) is 0 Å². The Hall–Kier alpha value is -1.56. The largest absolute Gasteiger partial charge is 0.0622 e. The van der Waals surface area contributed by atoms with Crippen LogP contribution < -0.4 is 0 Å². The fourth-order valence-corrected chi connectivity index (χ4v) is 2.74. The van der Waals surface area contributed by atoms with E-state index in [1.54, 1.807) is 0 Å². The molecule has 0 aliphatic carbocycles. The summed E-state index contributed by atoms with van der Waals surface area (Å²) in [4.78, 5) is 0. The van der Waals surface area contributed by atoms with E-state index in [0.717, 1.165) is 6.42 Å². The molecule has 0 heterocycles. The molecule has 2 aromatic rings. The lowest BCUT2D eigenvalue weighted by atomic mass is 9.88. The van der Waals surface area contributed by atoms with Crippen LogP contribution in [-0.4, -0.2) is 0 Å². The van der Waals surface area contributed by atoms with Crippen LogP contribution >= 0.6 is 0 Å². The van der Waals surface area contributed by atoms with Gasteiger partial charge in [0.1, 0.15) is 0 Å². The average molecular weight is 238 g/mol. The van der Waals surface area contributed by atoms with E-state index in [9.17, 15) is 0 Å². The summed E-state index contributed by atoms with van der Waals surface area (Å²) in [5, 5.41) is 0. The lowest BCUT2D eigenvalue weighted by Crippen LogP contribution is -2.02.